The highest BCUT2D eigenvalue weighted by Gasteiger charge is 2.08. The maximum atomic E-state index is 5.98. The maximum absolute atomic E-state index is 5.98. The smallest absolute Gasteiger partial charge is 0.191 e. The maximum Gasteiger partial charge on any atom is 0.191 e. The van der Waals surface area contributed by atoms with Crippen LogP contribution in [0.25, 0.3) is 11.0 Å². The van der Waals surface area contributed by atoms with Crippen molar-refractivity contribution in [1.82, 2.24) is 14.5 Å². The molecule has 0 atom stereocenters. The van der Waals surface area contributed by atoms with Gasteiger partial charge in [-0.1, -0.05) is 11.6 Å². The first kappa shape index (κ1) is 14.7. The van der Waals surface area contributed by atoms with Crippen molar-refractivity contribution >= 4 is 28.6 Å². The van der Waals surface area contributed by atoms with Gasteiger partial charge in [0.1, 0.15) is 12.4 Å². The number of aliphatic imine (C=N–C) groups is 1. The first-order valence-corrected chi connectivity index (χ1v) is 7.10. The van der Waals surface area contributed by atoms with E-state index < -0.39 is 0 Å². The summed E-state index contributed by atoms with van der Waals surface area (Å²) in [5.74, 6) is 1.43. The third-order valence-electron chi connectivity index (χ3n) is 3.41. The molecule has 0 aliphatic carbocycles. The number of imidazole rings is 1. The number of aryl methyl sites for hydroxylation is 1. The Morgan fingerprint density at radius 2 is 2.10 bits per heavy atom. The predicted molar refractivity (Wildman–Crippen MR) is 84.0 cm³/mol. The van der Waals surface area contributed by atoms with E-state index in [0.717, 1.165) is 29.9 Å². The number of hydrogen-bond donors (Lipinski definition) is 1. The number of nitrogens with zero attached hydrogens (tertiary/aromatic N) is 4. The number of aromatic nitrogens is 2. The second kappa shape index (κ2) is 6.13. The van der Waals surface area contributed by atoms with Gasteiger partial charge in [0, 0.05) is 25.2 Å². The van der Waals surface area contributed by atoms with Crippen LogP contribution in [0.4, 0.5) is 0 Å². The van der Waals surface area contributed by atoms with Crippen molar-refractivity contribution < 1.29 is 0 Å². The third-order valence-corrected chi connectivity index (χ3v) is 3.64. The molecule has 1 aromatic heterocycles. The van der Waals surface area contributed by atoms with E-state index in [-0.39, 0.29) is 0 Å². The minimum absolute atomic E-state index is 0.463. The van der Waals surface area contributed by atoms with Gasteiger partial charge >= 0.3 is 0 Å². The van der Waals surface area contributed by atoms with Crippen molar-refractivity contribution in [3.8, 4) is 0 Å². The first-order valence-electron chi connectivity index (χ1n) is 6.72. The Morgan fingerprint density at radius 1 is 1.40 bits per heavy atom. The molecule has 0 radical (unpaired) electrons. The van der Waals surface area contributed by atoms with E-state index in [1.807, 2.05) is 34.7 Å². The molecule has 0 aliphatic heterocycles. The summed E-state index contributed by atoms with van der Waals surface area (Å²) >= 11 is 5.98. The summed E-state index contributed by atoms with van der Waals surface area (Å²) in [4.78, 5) is 11.0. The lowest BCUT2D eigenvalue weighted by molar-refractivity contribution is 0.457. The molecule has 0 aliphatic rings. The Hall–Kier alpha value is -1.75. The highest BCUT2D eigenvalue weighted by atomic mass is 35.5. The fourth-order valence-corrected chi connectivity index (χ4v) is 2.33. The van der Waals surface area contributed by atoms with Crippen LogP contribution in [0.3, 0.4) is 0 Å². The van der Waals surface area contributed by atoms with Crippen LogP contribution in [-0.2, 0) is 13.6 Å². The van der Waals surface area contributed by atoms with E-state index in [9.17, 15) is 0 Å². The Balaban J connectivity index is 2.26. The highest BCUT2D eigenvalue weighted by Crippen LogP contribution is 2.19. The Labute approximate surface area is 124 Å². The number of guanidine groups is 1. The van der Waals surface area contributed by atoms with Crippen LogP contribution in [0.2, 0.25) is 5.02 Å². The van der Waals surface area contributed by atoms with Crippen LogP contribution in [0.15, 0.2) is 23.2 Å². The normalized spacial score (nSPS) is 12.1. The monoisotopic (exact) mass is 293 g/mol. The van der Waals surface area contributed by atoms with E-state index in [2.05, 4.69) is 23.8 Å². The molecule has 0 spiro atoms. The fraction of sp³-hybridized carbons (Fsp3) is 0.429. The van der Waals surface area contributed by atoms with Gasteiger partial charge < -0.3 is 15.2 Å². The number of benzene rings is 1. The Kier molecular flexibility index (Phi) is 4.49. The molecule has 6 heteroatoms. The zero-order valence-electron chi connectivity index (χ0n) is 12.1. The molecule has 2 N–H and O–H groups in total. The topological polar surface area (TPSA) is 59.4 Å². The molecule has 0 saturated carbocycles. The van der Waals surface area contributed by atoms with Gasteiger partial charge in [-0.15, -0.1) is 0 Å². The van der Waals surface area contributed by atoms with Crippen molar-refractivity contribution in [1.29, 1.82) is 0 Å². The summed E-state index contributed by atoms with van der Waals surface area (Å²) in [6, 6.07) is 5.69. The zero-order valence-corrected chi connectivity index (χ0v) is 12.9. The van der Waals surface area contributed by atoms with Crippen LogP contribution in [0.1, 0.15) is 19.7 Å². The van der Waals surface area contributed by atoms with Crippen LogP contribution in [0.5, 0.6) is 0 Å². The number of hydrogen-bond acceptors (Lipinski definition) is 2. The summed E-state index contributed by atoms with van der Waals surface area (Å²) < 4.78 is 2.02. The standard InChI is InChI=1S/C14H20ClN5/c1-4-20(5-2)14(16)17-9-13-18-11-8-10(15)6-7-12(11)19(13)3/h6-8H,4-5,9H2,1-3H3,(H2,16,17). The molecule has 0 bridgehead atoms. The van der Waals surface area contributed by atoms with E-state index in [1.54, 1.807) is 0 Å². The van der Waals surface area contributed by atoms with Crippen molar-refractivity contribution in [3.63, 3.8) is 0 Å². The molecule has 2 aromatic rings. The molecule has 0 amide bonds. The molecule has 0 unspecified atom stereocenters. The molecule has 0 saturated heterocycles. The molecule has 108 valence electrons. The van der Waals surface area contributed by atoms with Crippen molar-refractivity contribution in [3.05, 3.63) is 29.0 Å². The predicted octanol–water partition coefficient (Wildman–Crippen LogP) is 2.38. The Bertz CT molecular complexity index is 628. The lowest BCUT2D eigenvalue weighted by Crippen LogP contribution is -2.37. The van der Waals surface area contributed by atoms with E-state index >= 15 is 0 Å². The van der Waals surface area contributed by atoms with Crippen molar-refractivity contribution in [2.75, 3.05) is 13.1 Å². The molecular formula is C14H20ClN5. The molecule has 1 heterocycles. The van der Waals surface area contributed by atoms with Gasteiger partial charge in [-0.2, -0.15) is 0 Å². The summed E-state index contributed by atoms with van der Waals surface area (Å²) in [7, 11) is 1.97. The minimum Gasteiger partial charge on any atom is -0.370 e. The number of rotatable bonds is 4. The zero-order chi connectivity index (χ0) is 14.7. The number of fused-ring (bicyclic) bond motifs is 1. The highest BCUT2D eigenvalue weighted by molar-refractivity contribution is 6.31. The second-order valence-corrected chi connectivity index (χ2v) is 5.00. The molecule has 2 rings (SSSR count). The molecule has 1 aromatic carbocycles. The van der Waals surface area contributed by atoms with Crippen LogP contribution < -0.4 is 5.73 Å². The largest absolute Gasteiger partial charge is 0.370 e. The lowest BCUT2D eigenvalue weighted by atomic mass is 10.3. The quantitative estimate of drug-likeness (QED) is 0.695. The van der Waals surface area contributed by atoms with Gasteiger partial charge in [0.05, 0.1) is 11.0 Å². The third kappa shape index (κ3) is 2.88. The molecule has 5 nitrogen and oxygen atoms in total. The van der Waals surface area contributed by atoms with Gasteiger partial charge in [-0.25, -0.2) is 9.98 Å². The van der Waals surface area contributed by atoms with E-state index in [0.29, 0.717) is 17.5 Å². The van der Waals surface area contributed by atoms with Crippen LogP contribution in [0, 0.1) is 0 Å². The molecular weight excluding hydrogens is 274 g/mol. The van der Waals surface area contributed by atoms with Gasteiger partial charge in [0.2, 0.25) is 0 Å². The summed E-state index contributed by atoms with van der Waals surface area (Å²) in [6.07, 6.45) is 0. The fourth-order valence-electron chi connectivity index (χ4n) is 2.16. The van der Waals surface area contributed by atoms with Crippen molar-refractivity contribution in [2.45, 2.75) is 20.4 Å². The minimum atomic E-state index is 0.463. The second-order valence-electron chi connectivity index (χ2n) is 4.57. The summed E-state index contributed by atoms with van der Waals surface area (Å²) in [6.45, 7) is 6.28. The summed E-state index contributed by atoms with van der Waals surface area (Å²) in [5, 5.41) is 0.688. The first-order chi connectivity index (χ1) is 9.56. The number of nitrogens with two attached hydrogens (primary N) is 1. The molecule has 20 heavy (non-hydrogen) atoms. The Morgan fingerprint density at radius 3 is 2.75 bits per heavy atom. The van der Waals surface area contributed by atoms with Gasteiger partial charge in [-0.05, 0) is 32.0 Å². The van der Waals surface area contributed by atoms with E-state index in [4.69, 9.17) is 17.3 Å². The van der Waals surface area contributed by atoms with Crippen LogP contribution >= 0.6 is 11.6 Å². The van der Waals surface area contributed by atoms with Gasteiger partial charge in [0.15, 0.2) is 5.96 Å². The summed E-state index contributed by atoms with van der Waals surface area (Å²) in [5.41, 5.74) is 7.90. The van der Waals surface area contributed by atoms with E-state index in [1.165, 1.54) is 0 Å². The average molecular weight is 294 g/mol. The number of halogens is 1. The molecule has 0 fully saturated rings. The van der Waals surface area contributed by atoms with Crippen molar-refractivity contribution in [2.24, 2.45) is 17.8 Å². The van der Waals surface area contributed by atoms with Gasteiger partial charge in [0.25, 0.3) is 0 Å². The van der Waals surface area contributed by atoms with Gasteiger partial charge in [-0.3, -0.25) is 0 Å². The lowest BCUT2D eigenvalue weighted by Gasteiger charge is -2.19. The SMILES string of the molecule is CCN(CC)C(N)=NCc1nc2cc(Cl)ccc2n1C. The van der Waals surface area contributed by atoms with Crippen LogP contribution in [-0.4, -0.2) is 33.5 Å². The average Bonchev–Trinajstić information content (AvgIpc) is 2.74.